The van der Waals surface area contributed by atoms with Gasteiger partial charge in [-0.3, -0.25) is 10.1 Å². The van der Waals surface area contributed by atoms with E-state index in [4.69, 9.17) is 5.73 Å². The zero-order valence-electron chi connectivity index (χ0n) is 11.0. The Morgan fingerprint density at radius 3 is 2.40 bits per heavy atom. The molecule has 0 unspecified atom stereocenters. The fourth-order valence-electron chi connectivity index (χ4n) is 1.86. The quantitative estimate of drug-likeness (QED) is 0.658. The highest BCUT2D eigenvalue weighted by molar-refractivity contribution is 9.10. The second-order valence-corrected chi connectivity index (χ2v) is 5.20. The number of aryl methyl sites for hydroxylation is 2. The molecule has 7 heteroatoms. The number of hydrogen-bond acceptors (Lipinski definition) is 5. The summed E-state index contributed by atoms with van der Waals surface area (Å²) in [5.41, 5.74) is 8.39. The molecule has 0 aliphatic carbocycles. The Kier molecular flexibility index (Phi) is 3.89. The molecule has 0 atom stereocenters. The van der Waals surface area contributed by atoms with Gasteiger partial charge in [-0.05, 0) is 43.2 Å². The third-order valence-corrected chi connectivity index (χ3v) is 4.06. The van der Waals surface area contributed by atoms with Crippen LogP contribution >= 0.6 is 15.9 Å². The second-order valence-electron chi connectivity index (χ2n) is 4.41. The topological polar surface area (TPSA) is 94.1 Å². The smallest absolute Gasteiger partial charge is 0.311 e. The van der Waals surface area contributed by atoms with Crippen molar-refractivity contribution in [2.75, 3.05) is 11.1 Å². The van der Waals surface area contributed by atoms with Crippen molar-refractivity contribution in [2.45, 2.75) is 13.8 Å². The first-order valence-electron chi connectivity index (χ1n) is 5.83. The molecule has 20 heavy (non-hydrogen) atoms. The molecule has 0 spiro atoms. The molecule has 0 aliphatic heterocycles. The van der Waals surface area contributed by atoms with Crippen LogP contribution in [-0.2, 0) is 0 Å². The third kappa shape index (κ3) is 2.88. The van der Waals surface area contributed by atoms with Gasteiger partial charge in [-0.1, -0.05) is 15.9 Å². The van der Waals surface area contributed by atoms with Gasteiger partial charge < -0.3 is 11.1 Å². The predicted octanol–water partition coefficient (Wildman–Crippen LogP) is 3.69. The molecule has 2 aromatic rings. The number of pyridine rings is 1. The summed E-state index contributed by atoms with van der Waals surface area (Å²) in [5, 5.41) is 13.8. The molecule has 2 rings (SSSR count). The van der Waals surface area contributed by atoms with Crippen molar-refractivity contribution in [3.05, 3.63) is 50.0 Å². The highest BCUT2D eigenvalue weighted by Gasteiger charge is 2.13. The highest BCUT2D eigenvalue weighted by Crippen LogP contribution is 2.28. The first-order valence-corrected chi connectivity index (χ1v) is 6.62. The zero-order chi connectivity index (χ0) is 14.9. The van der Waals surface area contributed by atoms with Gasteiger partial charge in [-0.15, -0.1) is 0 Å². The highest BCUT2D eigenvalue weighted by atomic mass is 79.9. The van der Waals surface area contributed by atoms with E-state index in [1.165, 1.54) is 12.1 Å². The van der Waals surface area contributed by atoms with Crippen LogP contribution in [0.1, 0.15) is 11.1 Å². The van der Waals surface area contributed by atoms with Crippen molar-refractivity contribution in [2.24, 2.45) is 0 Å². The number of benzene rings is 1. The maximum absolute atomic E-state index is 10.7. The van der Waals surface area contributed by atoms with Crippen molar-refractivity contribution in [1.29, 1.82) is 0 Å². The standard InChI is InChI=1S/C13H13BrN4O2/c1-7-5-9(6-8(2)12(7)14)16-11-4-3-10(18(19)20)13(15)17-11/h3-6H,1-2H3,(H3,15,16,17). The predicted molar refractivity (Wildman–Crippen MR) is 82.2 cm³/mol. The van der Waals surface area contributed by atoms with Crippen molar-refractivity contribution in [1.82, 2.24) is 4.98 Å². The van der Waals surface area contributed by atoms with E-state index in [1.54, 1.807) is 0 Å². The number of nitrogens with one attached hydrogen (secondary N) is 1. The normalized spacial score (nSPS) is 10.3. The minimum Gasteiger partial charge on any atom is -0.378 e. The Morgan fingerprint density at radius 2 is 1.90 bits per heavy atom. The molecule has 0 bridgehead atoms. The second kappa shape index (κ2) is 5.46. The summed E-state index contributed by atoms with van der Waals surface area (Å²) in [7, 11) is 0. The summed E-state index contributed by atoms with van der Waals surface area (Å²) >= 11 is 3.50. The van der Waals surface area contributed by atoms with Crippen LogP contribution in [0.2, 0.25) is 0 Å². The van der Waals surface area contributed by atoms with Crippen LogP contribution in [0.3, 0.4) is 0 Å². The number of hydrogen-bond donors (Lipinski definition) is 2. The molecule has 3 N–H and O–H groups in total. The minimum absolute atomic E-state index is 0.106. The average molecular weight is 337 g/mol. The molecule has 0 radical (unpaired) electrons. The number of rotatable bonds is 3. The van der Waals surface area contributed by atoms with Gasteiger partial charge in [0, 0.05) is 16.2 Å². The molecular formula is C13H13BrN4O2. The zero-order valence-corrected chi connectivity index (χ0v) is 12.6. The van der Waals surface area contributed by atoms with Gasteiger partial charge in [0.25, 0.3) is 0 Å². The van der Waals surface area contributed by atoms with Crippen molar-refractivity contribution >= 4 is 38.9 Å². The molecular weight excluding hydrogens is 324 g/mol. The van der Waals surface area contributed by atoms with E-state index in [0.717, 1.165) is 21.3 Å². The number of nitrogens with two attached hydrogens (primary N) is 1. The van der Waals surface area contributed by atoms with Crippen LogP contribution in [0, 0.1) is 24.0 Å². The molecule has 1 aromatic heterocycles. The van der Waals surface area contributed by atoms with E-state index >= 15 is 0 Å². The van der Waals surface area contributed by atoms with Crippen molar-refractivity contribution in [3.63, 3.8) is 0 Å². The summed E-state index contributed by atoms with van der Waals surface area (Å²) in [5.74, 6) is 0.361. The van der Waals surface area contributed by atoms with Crippen LogP contribution in [0.5, 0.6) is 0 Å². The first-order chi connectivity index (χ1) is 9.38. The van der Waals surface area contributed by atoms with E-state index < -0.39 is 4.92 Å². The van der Waals surface area contributed by atoms with Crippen LogP contribution in [-0.4, -0.2) is 9.91 Å². The largest absolute Gasteiger partial charge is 0.378 e. The van der Waals surface area contributed by atoms with Gasteiger partial charge in [0.05, 0.1) is 4.92 Å². The Labute approximate surface area is 124 Å². The summed E-state index contributed by atoms with van der Waals surface area (Å²) in [6, 6.07) is 6.77. The first kappa shape index (κ1) is 14.3. The maximum atomic E-state index is 10.7. The number of nitrogen functional groups attached to an aromatic ring is 1. The lowest BCUT2D eigenvalue weighted by atomic mass is 10.1. The molecule has 0 fully saturated rings. The summed E-state index contributed by atoms with van der Waals surface area (Å²) in [6.07, 6.45) is 0. The van der Waals surface area contributed by atoms with E-state index in [1.807, 2.05) is 26.0 Å². The molecule has 1 heterocycles. The molecule has 0 amide bonds. The maximum Gasteiger partial charge on any atom is 0.311 e. The fourth-order valence-corrected chi connectivity index (χ4v) is 2.09. The summed E-state index contributed by atoms with van der Waals surface area (Å²) < 4.78 is 1.05. The summed E-state index contributed by atoms with van der Waals surface area (Å²) in [6.45, 7) is 3.97. The molecule has 0 aliphatic rings. The Hall–Kier alpha value is -2.15. The van der Waals surface area contributed by atoms with Crippen molar-refractivity contribution in [3.8, 4) is 0 Å². The van der Waals surface area contributed by atoms with Gasteiger partial charge in [0.2, 0.25) is 5.82 Å². The fraction of sp³-hybridized carbons (Fsp3) is 0.154. The van der Waals surface area contributed by atoms with Gasteiger partial charge in [-0.25, -0.2) is 4.98 Å². The summed E-state index contributed by atoms with van der Waals surface area (Å²) in [4.78, 5) is 14.1. The van der Waals surface area contributed by atoms with Crippen LogP contribution in [0.15, 0.2) is 28.7 Å². The van der Waals surface area contributed by atoms with E-state index in [-0.39, 0.29) is 11.5 Å². The molecule has 1 aromatic carbocycles. The van der Waals surface area contributed by atoms with Crippen molar-refractivity contribution < 1.29 is 4.92 Å². The van der Waals surface area contributed by atoms with Crippen LogP contribution in [0.4, 0.5) is 23.0 Å². The number of nitrogens with zero attached hydrogens (tertiary/aromatic N) is 2. The Morgan fingerprint density at radius 1 is 1.30 bits per heavy atom. The number of aromatic nitrogens is 1. The molecule has 0 saturated carbocycles. The van der Waals surface area contributed by atoms with Gasteiger partial charge in [0.1, 0.15) is 5.82 Å². The Bertz CT molecular complexity index is 665. The lowest BCUT2D eigenvalue weighted by Gasteiger charge is -2.10. The third-order valence-electron chi connectivity index (χ3n) is 2.81. The lowest BCUT2D eigenvalue weighted by molar-refractivity contribution is -0.384. The SMILES string of the molecule is Cc1cc(Nc2ccc([N+](=O)[O-])c(N)n2)cc(C)c1Br. The molecule has 0 saturated heterocycles. The number of anilines is 3. The average Bonchev–Trinajstić information content (AvgIpc) is 2.35. The minimum atomic E-state index is -0.556. The Balaban J connectivity index is 2.31. The van der Waals surface area contributed by atoms with Crippen LogP contribution in [0.25, 0.3) is 0 Å². The molecule has 104 valence electrons. The lowest BCUT2D eigenvalue weighted by Crippen LogP contribution is -2.01. The van der Waals surface area contributed by atoms with Crippen LogP contribution < -0.4 is 11.1 Å². The number of nitro groups is 1. The van der Waals surface area contributed by atoms with E-state index in [9.17, 15) is 10.1 Å². The van der Waals surface area contributed by atoms with E-state index in [2.05, 4.69) is 26.2 Å². The van der Waals surface area contributed by atoms with Gasteiger partial charge in [0.15, 0.2) is 0 Å². The van der Waals surface area contributed by atoms with E-state index in [0.29, 0.717) is 5.82 Å². The monoisotopic (exact) mass is 336 g/mol. The number of halogens is 1. The van der Waals surface area contributed by atoms with Gasteiger partial charge in [-0.2, -0.15) is 0 Å². The van der Waals surface area contributed by atoms with Gasteiger partial charge >= 0.3 is 5.69 Å². The molecule has 6 nitrogen and oxygen atoms in total.